The highest BCUT2D eigenvalue weighted by molar-refractivity contribution is 6.31. The number of halogens is 4. The van der Waals surface area contributed by atoms with Gasteiger partial charge in [0.15, 0.2) is 0 Å². The number of nitrogens with one attached hydrogen (secondary N) is 1. The standard InChI is InChI=1S/C28H22ClF3N6O4/c29-20-7-2-1-6-19(20)23(24(40)35-17-12-28(31,32)13-17)37(18-5-3-4-15(30)10-18)25(41)21-11-22(39)26(42)38(21)27-34-9-8-16(14-33)36-27/h1-10,17,21-23,39H,11-13H2,(H,35,40)/t21-,22-,23?/m0/s1. The average molecular weight is 599 g/mol. The minimum absolute atomic E-state index is 0.0511. The van der Waals surface area contributed by atoms with Crippen LogP contribution in [0.1, 0.15) is 36.6 Å². The zero-order valence-corrected chi connectivity index (χ0v) is 22.4. The van der Waals surface area contributed by atoms with E-state index in [-0.39, 0.29) is 27.9 Å². The van der Waals surface area contributed by atoms with Crippen molar-refractivity contribution >= 4 is 41.0 Å². The Morgan fingerprint density at radius 2 is 1.93 bits per heavy atom. The summed E-state index contributed by atoms with van der Waals surface area (Å²) in [6, 6.07) is 9.85. The highest BCUT2D eigenvalue weighted by atomic mass is 35.5. The van der Waals surface area contributed by atoms with Gasteiger partial charge in [0.1, 0.15) is 35.8 Å². The lowest BCUT2D eigenvalue weighted by Gasteiger charge is -2.39. The van der Waals surface area contributed by atoms with Crippen molar-refractivity contribution in [3.8, 4) is 6.07 Å². The SMILES string of the molecule is N#Cc1ccnc(N2C(=O)[C@@H](O)C[C@H]2C(=O)N(c2cccc(F)c2)C(C(=O)NC2CC(F)(F)C2)c2ccccc2Cl)n1. The van der Waals surface area contributed by atoms with Crippen LogP contribution in [0, 0.1) is 17.1 Å². The third kappa shape index (κ3) is 5.63. The molecule has 1 saturated carbocycles. The van der Waals surface area contributed by atoms with E-state index in [9.17, 15) is 37.9 Å². The van der Waals surface area contributed by atoms with Crippen molar-refractivity contribution in [3.05, 3.63) is 82.9 Å². The summed E-state index contributed by atoms with van der Waals surface area (Å²) < 4.78 is 41.7. The van der Waals surface area contributed by atoms with E-state index < -0.39 is 73.0 Å². The first-order chi connectivity index (χ1) is 20.0. The van der Waals surface area contributed by atoms with Crippen LogP contribution in [0.25, 0.3) is 0 Å². The topological polar surface area (TPSA) is 140 Å². The third-order valence-electron chi connectivity index (χ3n) is 7.01. The van der Waals surface area contributed by atoms with E-state index in [1.807, 2.05) is 0 Å². The smallest absolute Gasteiger partial charge is 0.259 e. The van der Waals surface area contributed by atoms with Gasteiger partial charge in [0.05, 0.1) is 0 Å². The van der Waals surface area contributed by atoms with Crippen LogP contribution in [0.5, 0.6) is 0 Å². The summed E-state index contributed by atoms with van der Waals surface area (Å²) in [5.74, 6) is -6.81. The van der Waals surface area contributed by atoms with Gasteiger partial charge >= 0.3 is 0 Å². The number of aliphatic hydroxyl groups excluding tert-OH is 1. The number of carbonyl (C=O) groups is 3. The molecule has 1 aliphatic heterocycles. The fraction of sp³-hybridized carbons (Fsp3) is 0.286. The van der Waals surface area contributed by atoms with Gasteiger partial charge in [0, 0.05) is 47.8 Å². The maximum atomic E-state index is 14.5. The molecule has 216 valence electrons. The summed E-state index contributed by atoms with van der Waals surface area (Å²) >= 11 is 6.46. The van der Waals surface area contributed by atoms with Crippen molar-refractivity contribution < 1.29 is 32.7 Å². The molecule has 2 fully saturated rings. The largest absolute Gasteiger partial charge is 0.383 e. The number of anilines is 2. The van der Waals surface area contributed by atoms with Crippen molar-refractivity contribution in [2.75, 3.05) is 9.80 Å². The first-order valence-corrected chi connectivity index (χ1v) is 13.1. The Labute approximate surface area is 242 Å². The van der Waals surface area contributed by atoms with Crippen LogP contribution >= 0.6 is 11.6 Å². The molecule has 3 atom stereocenters. The quantitative estimate of drug-likeness (QED) is 0.425. The molecule has 14 heteroatoms. The summed E-state index contributed by atoms with van der Waals surface area (Å²) in [6.45, 7) is 0. The second kappa shape index (κ2) is 11.4. The molecule has 1 unspecified atom stereocenters. The molecular formula is C28H22ClF3N6O4. The van der Waals surface area contributed by atoms with Gasteiger partial charge in [-0.3, -0.25) is 24.2 Å². The van der Waals surface area contributed by atoms with Crippen LogP contribution in [0.2, 0.25) is 5.02 Å². The fourth-order valence-corrected chi connectivity index (χ4v) is 5.27. The number of rotatable bonds is 7. The number of hydrogen-bond acceptors (Lipinski definition) is 7. The van der Waals surface area contributed by atoms with E-state index in [1.54, 1.807) is 18.2 Å². The number of nitriles is 1. The lowest BCUT2D eigenvalue weighted by atomic mass is 9.87. The van der Waals surface area contributed by atoms with Crippen molar-refractivity contribution in [3.63, 3.8) is 0 Å². The number of carbonyl (C=O) groups excluding carboxylic acids is 3. The lowest BCUT2D eigenvalue weighted by molar-refractivity contribution is -0.133. The lowest BCUT2D eigenvalue weighted by Crippen LogP contribution is -2.56. The molecule has 1 aliphatic carbocycles. The van der Waals surface area contributed by atoms with Crippen LogP contribution in [0.3, 0.4) is 0 Å². The zero-order chi connectivity index (χ0) is 30.2. The van der Waals surface area contributed by atoms with Crippen LogP contribution in [-0.2, 0) is 14.4 Å². The molecule has 2 heterocycles. The number of aromatic nitrogens is 2. The second-order valence-electron chi connectivity index (χ2n) is 9.91. The molecule has 0 radical (unpaired) electrons. The zero-order valence-electron chi connectivity index (χ0n) is 21.6. The van der Waals surface area contributed by atoms with E-state index in [2.05, 4.69) is 15.3 Å². The summed E-state index contributed by atoms with van der Waals surface area (Å²) in [6.07, 6.45) is -2.13. The number of aliphatic hydroxyl groups is 1. The van der Waals surface area contributed by atoms with Crippen LogP contribution < -0.4 is 15.1 Å². The number of amides is 3. The van der Waals surface area contributed by atoms with Crippen LogP contribution in [-0.4, -0.2) is 56.9 Å². The molecule has 42 heavy (non-hydrogen) atoms. The first-order valence-electron chi connectivity index (χ1n) is 12.7. The van der Waals surface area contributed by atoms with E-state index in [0.29, 0.717) is 0 Å². The van der Waals surface area contributed by atoms with Gasteiger partial charge in [-0.1, -0.05) is 35.9 Å². The van der Waals surface area contributed by atoms with E-state index in [0.717, 1.165) is 21.9 Å². The number of nitrogens with zero attached hydrogens (tertiary/aromatic N) is 5. The Balaban J connectivity index is 1.63. The Hall–Kier alpha value is -4.54. The van der Waals surface area contributed by atoms with Gasteiger partial charge in [0.25, 0.3) is 17.7 Å². The van der Waals surface area contributed by atoms with Crippen molar-refractivity contribution in [2.45, 2.75) is 49.4 Å². The summed E-state index contributed by atoms with van der Waals surface area (Å²) in [4.78, 5) is 50.9. The predicted octanol–water partition coefficient (Wildman–Crippen LogP) is 3.30. The van der Waals surface area contributed by atoms with Crippen LogP contribution in [0.4, 0.5) is 24.8 Å². The van der Waals surface area contributed by atoms with E-state index in [4.69, 9.17) is 11.6 Å². The predicted molar refractivity (Wildman–Crippen MR) is 143 cm³/mol. The summed E-state index contributed by atoms with van der Waals surface area (Å²) in [5, 5.41) is 22.3. The molecule has 2 N–H and O–H groups in total. The number of hydrogen-bond donors (Lipinski definition) is 2. The second-order valence-corrected chi connectivity index (χ2v) is 10.3. The van der Waals surface area contributed by atoms with Gasteiger partial charge in [-0.2, -0.15) is 5.26 Å². The van der Waals surface area contributed by atoms with Gasteiger partial charge in [-0.05, 0) is 30.3 Å². The Bertz CT molecular complexity index is 1590. The van der Waals surface area contributed by atoms with Crippen molar-refractivity contribution in [1.82, 2.24) is 15.3 Å². The van der Waals surface area contributed by atoms with Gasteiger partial charge in [-0.15, -0.1) is 0 Å². The molecule has 2 aliphatic rings. The molecule has 2 aromatic carbocycles. The highest BCUT2D eigenvalue weighted by Gasteiger charge is 2.50. The van der Waals surface area contributed by atoms with Gasteiger partial charge in [0.2, 0.25) is 11.9 Å². The number of benzene rings is 2. The fourth-order valence-electron chi connectivity index (χ4n) is 5.04. The molecule has 0 bridgehead atoms. The van der Waals surface area contributed by atoms with Gasteiger partial charge < -0.3 is 10.4 Å². The van der Waals surface area contributed by atoms with E-state index >= 15 is 0 Å². The maximum absolute atomic E-state index is 14.5. The molecule has 3 amide bonds. The molecular weight excluding hydrogens is 577 g/mol. The third-order valence-corrected chi connectivity index (χ3v) is 7.35. The number of alkyl halides is 2. The van der Waals surface area contributed by atoms with E-state index in [1.165, 1.54) is 36.5 Å². The molecule has 1 saturated heterocycles. The van der Waals surface area contributed by atoms with Crippen molar-refractivity contribution in [1.29, 1.82) is 5.26 Å². The first kappa shape index (κ1) is 29.0. The Morgan fingerprint density at radius 1 is 1.19 bits per heavy atom. The van der Waals surface area contributed by atoms with Crippen molar-refractivity contribution in [2.24, 2.45) is 0 Å². The Morgan fingerprint density at radius 3 is 2.60 bits per heavy atom. The average Bonchev–Trinajstić information content (AvgIpc) is 3.24. The normalized spacial score (nSPS) is 20.4. The molecule has 1 aromatic heterocycles. The molecule has 0 spiro atoms. The van der Waals surface area contributed by atoms with Crippen LogP contribution in [0.15, 0.2) is 60.8 Å². The highest BCUT2D eigenvalue weighted by Crippen LogP contribution is 2.39. The monoisotopic (exact) mass is 598 g/mol. The molecule has 3 aromatic rings. The minimum Gasteiger partial charge on any atom is -0.383 e. The maximum Gasteiger partial charge on any atom is 0.259 e. The molecule has 5 rings (SSSR count). The summed E-state index contributed by atoms with van der Waals surface area (Å²) in [5.41, 5.74) is -0.132. The van der Waals surface area contributed by atoms with Gasteiger partial charge in [-0.25, -0.2) is 23.1 Å². The molecule has 10 nitrogen and oxygen atoms in total. The minimum atomic E-state index is -2.95. The Kier molecular flexibility index (Phi) is 7.85. The summed E-state index contributed by atoms with van der Waals surface area (Å²) in [7, 11) is 0.